The summed E-state index contributed by atoms with van der Waals surface area (Å²) in [5.74, 6) is 1.07. The molecule has 1 saturated carbocycles. The van der Waals surface area contributed by atoms with Crippen molar-refractivity contribution in [3.05, 3.63) is 65.9 Å². The van der Waals surface area contributed by atoms with Gasteiger partial charge in [0.05, 0.1) is 17.3 Å². The van der Waals surface area contributed by atoms with Gasteiger partial charge in [0.15, 0.2) is 0 Å². The minimum absolute atomic E-state index is 0.0542. The number of hydrogen-bond acceptors (Lipinski definition) is 8. The first-order valence-electron chi connectivity index (χ1n) is 12.1. The van der Waals surface area contributed by atoms with Gasteiger partial charge in [0, 0.05) is 49.2 Å². The number of piperazine rings is 1. The largest absolute Gasteiger partial charge is 0.489 e. The molecule has 4 N–H and O–H groups in total. The molecule has 1 saturated heterocycles. The van der Waals surface area contributed by atoms with Gasteiger partial charge in [0.1, 0.15) is 18.2 Å². The van der Waals surface area contributed by atoms with Crippen LogP contribution in [0.25, 0.3) is 0 Å². The Labute approximate surface area is 208 Å². The van der Waals surface area contributed by atoms with Crippen molar-refractivity contribution in [2.24, 2.45) is 5.73 Å². The lowest BCUT2D eigenvalue weighted by molar-refractivity contribution is 0.0696. The monoisotopic (exact) mass is 485 g/mol. The van der Waals surface area contributed by atoms with Crippen molar-refractivity contribution in [3.63, 3.8) is 0 Å². The van der Waals surface area contributed by atoms with E-state index in [4.69, 9.17) is 10.5 Å². The standard InChI is InChI=1S/C26H27N7O3/c27-23(34)20-13-28-26(31-24(20)29-17-6-7-17)30-18-8-9-21-22(12-18)36-15-19-14-32(10-11-33(19)21)25(35)16-4-2-1-3-5-16/h1-5,8-9,12-13,17,19H,6-7,10-11,14-15H2,(H2,27,34)(H2,28,29,30,31). The van der Waals surface area contributed by atoms with E-state index >= 15 is 0 Å². The number of carbonyl (C=O) groups is 2. The van der Waals surface area contributed by atoms with E-state index in [0.717, 1.165) is 36.5 Å². The summed E-state index contributed by atoms with van der Waals surface area (Å²) in [7, 11) is 0. The second kappa shape index (κ2) is 9.03. The first-order chi connectivity index (χ1) is 17.5. The molecule has 2 aliphatic heterocycles. The first kappa shape index (κ1) is 22.1. The van der Waals surface area contributed by atoms with Crippen LogP contribution in [0, 0.1) is 0 Å². The maximum absolute atomic E-state index is 12.9. The molecule has 2 fully saturated rings. The van der Waals surface area contributed by atoms with E-state index in [1.807, 2.05) is 53.4 Å². The zero-order chi connectivity index (χ0) is 24.6. The Kier molecular flexibility index (Phi) is 5.55. The van der Waals surface area contributed by atoms with Crippen molar-refractivity contribution in [3.8, 4) is 5.75 Å². The molecule has 1 atom stereocenters. The summed E-state index contributed by atoms with van der Waals surface area (Å²) in [4.78, 5) is 37.6. The smallest absolute Gasteiger partial charge is 0.254 e. The van der Waals surface area contributed by atoms with Gasteiger partial charge >= 0.3 is 0 Å². The van der Waals surface area contributed by atoms with Crippen molar-refractivity contribution in [2.75, 3.05) is 41.8 Å². The van der Waals surface area contributed by atoms with Gasteiger partial charge in [-0.05, 0) is 37.1 Å². The average molecular weight is 486 g/mol. The Morgan fingerprint density at radius 2 is 1.92 bits per heavy atom. The summed E-state index contributed by atoms with van der Waals surface area (Å²) >= 11 is 0. The Balaban J connectivity index is 1.16. The second-order valence-corrected chi connectivity index (χ2v) is 9.32. The summed E-state index contributed by atoms with van der Waals surface area (Å²) in [6, 6.07) is 15.7. The van der Waals surface area contributed by atoms with Gasteiger partial charge in [-0.1, -0.05) is 18.2 Å². The Morgan fingerprint density at radius 1 is 1.08 bits per heavy atom. The first-order valence-corrected chi connectivity index (χ1v) is 12.1. The quantitative estimate of drug-likeness (QED) is 0.487. The van der Waals surface area contributed by atoms with Gasteiger partial charge in [-0.15, -0.1) is 0 Å². The number of rotatable bonds is 6. The van der Waals surface area contributed by atoms with Crippen LogP contribution in [-0.2, 0) is 0 Å². The summed E-state index contributed by atoms with van der Waals surface area (Å²) in [6.07, 6.45) is 3.53. The van der Waals surface area contributed by atoms with Crippen LogP contribution in [0.4, 0.5) is 23.1 Å². The number of fused-ring (bicyclic) bond motifs is 3. The van der Waals surface area contributed by atoms with Crippen LogP contribution in [0.3, 0.4) is 0 Å². The van der Waals surface area contributed by atoms with Gasteiger partial charge in [-0.2, -0.15) is 4.98 Å². The molecule has 0 radical (unpaired) electrons. The molecule has 1 unspecified atom stereocenters. The number of aromatic nitrogens is 2. The van der Waals surface area contributed by atoms with Crippen molar-refractivity contribution >= 4 is 35.0 Å². The van der Waals surface area contributed by atoms with Crippen molar-refractivity contribution in [1.29, 1.82) is 0 Å². The molecular weight excluding hydrogens is 458 g/mol. The number of carbonyl (C=O) groups excluding carboxylic acids is 2. The number of amides is 2. The number of nitrogens with two attached hydrogens (primary N) is 1. The number of ether oxygens (including phenoxy) is 1. The highest BCUT2D eigenvalue weighted by atomic mass is 16.5. The molecule has 3 aliphatic rings. The van der Waals surface area contributed by atoms with Crippen LogP contribution in [0.15, 0.2) is 54.7 Å². The zero-order valence-electron chi connectivity index (χ0n) is 19.7. The van der Waals surface area contributed by atoms with Crippen molar-refractivity contribution in [1.82, 2.24) is 14.9 Å². The molecule has 2 amide bonds. The molecule has 3 heterocycles. The lowest BCUT2D eigenvalue weighted by atomic mass is 10.1. The fourth-order valence-electron chi connectivity index (χ4n) is 4.68. The maximum Gasteiger partial charge on any atom is 0.254 e. The fourth-order valence-corrected chi connectivity index (χ4v) is 4.68. The normalized spacial score (nSPS) is 18.5. The molecular formula is C26H27N7O3. The molecule has 184 valence electrons. The highest BCUT2D eigenvalue weighted by molar-refractivity contribution is 5.97. The number of hydrogen-bond donors (Lipinski definition) is 3. The third-order valence-electron chi connectivity index (χ3n) is 6.72. The molecule has 10 nitrogen and oxygen atoms in total. The lowest BCUT2D eigenvalue weighted by Crippen LogP contribution is -2.58. The fraction of sp³-hybridized carbons (Fsp3) is 0.308. The minimum atomic E-state index is -0.563. The van der Waals surface area contributed by atoms with E-state index < -0.39 is 5.91 Å². The van der Waals surface area contributed by atoms with Gasteiger partial charge in [-0.25, -0.2) is 4.98 Å². The Morgan fingerprint density at radius 3 is 2.69 bits per heavy atom. The number of benzene rings is 2. The molecule has 0 spiro atoms. The molecule has 2 aromatic carbocycles. The Hall–Kier alpha value is -4.34. The lowest BCUT2D eigenvalue weighted by Gasteiger charge is -2.45. The molecule has 0 bridgehead atoms. The van der Waals surface area contributed by atoms with E-state index in [1.54, 1.807) is 0 Å². The van der Waals surface area contributed by atoms with E-state index in [9.17, 15) is 9.59 Å². The number of nitrogens with zero attached hydrogens (tertiary/aromatic N) is 4. The second-order valence-electron chi connectivity index (χ2n) is 9.32. The molecule has 3 aromatic rings. The summed E-state index contributed by atoms with van der Waals surface area (Å²) in [5, 5.41) is 6.44. The zero-order valence-corrected chi connectivity index (χ0v) is 19.7. The third-order valence-corrected chi connectivity index (χ3v) is 6.72. The molecule has 6 rings (SSSR count). The number of nitrogens with one attached hydrogen (secondary N) is 2. The van der Waals surface area contributed by atoms with Crippen molar-refractivity contribution in [2.45, 2.75) is 24.9 Å². The van der Waals surface area contributed by atoms with Gasteiger partial charge in [0.2, 0.25) is 5.95 Å². The van der Waals surface area contributed by atoms with Crippen LogP contribution < -0.4 is 26.0 Å². The van der Waals surface area contributed by atoms with Crippen LogP contribution in [0.2, 0.25) is 0 Å². The summed E-state index contributed by atoms with van der Waals surface area (Å²) in [6.45, 7) is 2.50. The third kappa shape index (κ3) is 4.37. The van der Waals surface area contributed by atoms with E-state index in [-0.39, 0.29) is 17.5 Å². The molecule has 1 aliphatic carbocycles. The van der Waals surface area contributed by atoms with Gasteiger partial charge < -0.3 is 30.9 Å². The molecule has 10 heteroatoms. The highest BCUT2D eigenvalue weighted by Gasteiger charge is 2.35. The summed E-state index contributed by atoms with van der Waals surface area (Å²) < 4.78 is 6.11. The number of anilines is 4. The van der Waals surface area contributed by atoms with E-state index in [2.05, 4.69) is 25.5 Å². The predicted molar refractivity (Wildman–Crippen MR) is 136 cm³/mol. The summed E-state index contributed by atoms with van der Waals surface area (Å²) in [5.41, 5.74) is 8.24. The van der Waals surface area contributed by atoms with Crippen LogP contribution in [0.5, 0.6) is 5.75 Å². The van der Waals surface area contributed by atoms with Crippen molar-refractivity contribution < 1.29 is 14.3 Å². The predicted octanol–water partition coefficient (Wildman–Crippen LogP) is 2.62. The highest BCUT2D eigenvalue weighted by Crippen LogP contribution is 2.38. The average Bonchev–Trinajstić information content (AvgIpc) is 3.72. The topological polar surface area (TPSA) is 126 Å². The van der Waals surface area contributed by atoms with Crippen LogP contribution in [0.1, 0.15) is 33.6 Å². The van der Waals surface area contributed by atoms with Crippen LogP contribution in [-0.4, -0.2) is 65.0 Å². The van der Waals surface area contributed by atoms with Gasteiger partial charge in [0.25, 0.3) is 11.8 Å². The molecule has 36 heavy (non-hydrogen) atoms. The van der Waals surface area contributed by atoms with Gasteiger partial charge in [-0.3, -0.25) is 9.59 Å². The Bertz CT molecular complexity index is 1310. The molecule has 1 aromatic heterocycles. The minimum Gasteiger partial charge on any atom is -0.489 e. The number of primary amides is 1. The van der Waals surface area contributed by atoms with E-state index in [1.165, 1.54) is 6.20 Å². The SMILES string of the molecule is NC(=O)c1cnc(Nc2ccc3c(c2)OCC2CN(C(=O)c4ccccc4)CCN32)nc1NC1CC1. The van der Waals surface area contributed by atoms with Crippen LogP contribution >= 0.6 is 0 Å². The van der Waals surface area contributed by atoms with E-state index in [0.29, 0.717) is 43.1 Å². The maximum atomic E-state index is 12.9.